The fraction of sp³-hybridized carbons (Fsp3) is 0.625. The summed E-state index contributed by atoms with van der Waals surface area (Å²) in [5.74, 6) is 0.432. The second-order valence-corrected chi connectivity index (χ2v) is 5.89. The van der Waals surface area contributed by atoms with Crippen molar-refractivity contribution in [3.63, 3.8) is 0 Å². The Hall–Kier alpha value is -0.900. The summed E-state index contributed by atoms with van der Waals surface area (Å²) in [6, 6.07) is 8.43. The van der Waals surface area contributed by atoms with Crippen LogP contribution in [0.3, 0.4) is 0 Å². The SMILES string of the molecule is Cc1ccccc1C(N)CCN1CCC(C)C(O)C1. The van der Waals surface area contributed by atoms with Crippen molar-refractivity contribution in [3.05, 3.63) is 35.4 Å². The Bertz CT molecular complexity index is 407. The molecule has 1 aromatic carbocycles. The van der Waals surface area contributed by atoms with Crippen molar-refractivity contribution in [2.45, 2.75) is 38.8 Å². The van der Waals surface area contributed by atoms with E-state index in [-0.39, 0.29) is 12.1 Å². The maximum atomic E-state index is 9.90. The molecule has 1 aliphatic heterocycles. The number of rotatable bonds is 4. The maximum absolute atomic E-state index is 9.90. The second-order valence-electron chi connectivity index (χ2n) is 5.89. The van der Waals surface area contributed by atoms with Gasteiger partial charge in [-0.15, -0.1) is 0 Å². The summed E-state index contributed by atoms with van der Waals surface area (Å²) in [5, 5.41) is 9.90. The summed E-state index contributed by atoms with van der Waals surface area (Å²) in [6.45, 7) is 7.09. The molecule has 3 atom stereocenters. The number of aliphatic hydroxyl groups excluding tert-OH is 1. The first-order valence-corrected chi connectivity index (χ1v) is 7.29. The molecule has 3 N–H and O–H groups in total. The molecule has 0 amide bonds. The standard InChI is InChI=1S/C16H26N2O/c1-12-5-3-4-6-14(12)15(17)8-10-18-9-7-13(2)16(19)11-18/h3-6,13,15-16,19H,7-11,17H2,1-2H3. The minimum Gasteiger partial charge on any atom is -0.392 e. The molecule has 2 rings (SSSR count). The van der Waals surface area contributed by atoms with Crippen LogP contribution in [-0.2, 0) is 0 Å². The van der Waals surface area contributed by atoms with Crippen LogP contribution >= 0.6 is 0 Å². The summed E-state index contributed by atoms with van der Waals surface area (Å²) in [4.78, 5) is 2.34. The van der Waals surface area contributed by atoms with E-state index >= 15 is 0 Å². The van der Waals surface area contributed by atoms with Gasteiger partial charge in [-0.3, -0.25) is 0 Å². The van der Waals surface area contributed by atoms with E-state index in [1.54, 1.807) is 0 Å². The molecular weight excluding hydrogens is 236 g/mol. The Morgan fingerprint density at radius 2 is 2.16 bits per heavy atom. The minimum absolute atomic E-state index is 0.0951. The normalized spacial score (nSPS) is 26.3. The number of β-amino-alcohol motifs (C(OH)–C–C–N with tert-alkyl or cyclic N) is 1. The lowest BCUT2D eigenvalue weighted by molar-refractivity contribution is 0.0282. The fourth-order valence-corrected chi connectivity index (χ4v) is 2.80. The molecule has 0 aromatic heterocycles. The third-order valence-corrected chi connectivity index (χ3v) is 4.35. The van der Waals surface area contributed by atoms with E-state index in [9.17, 15) is 5.11 Å². The van der Waals surface area contributed by atoms with E-state index in [4.69, 9.17) is 5.73 Å². The second kappa shape index (κ2) is 6.51. The molecule has 0 aliphatic carbocycles. The van der Waals surface area contributed by atoms with Gasteiger partial charge in [0, 0.05) is 19.1 Å². The number of nitrogens with zero attached hydrogens (tertiary/aromatic N) is 1. The zero-order valence-electron chi connectivity index (χ0n) is 12.0. The molecule has 19 heavy (non-hydrogen) atoms. The van der Waals surface area contributed by atoms with E-state index in [0.717, 1.165) is 32.5 Å². The topological polar surface area (TPSA) is 49.5 Å². The van der Waals surface area contributed by atoms with Crippen LogP contribution in [0.1, 0.15) is 36.9 Å². The predicted molar refractivity (Wildman–Crippen MR) is 79.0 cm³/mol. The molecule has 3 nitrogen and oxygen atoms in total. The summed E-state index contributed by atoms with van der Waals surface area (Å²) in [6.07, 6.45) is 1.86. The number of hydrogen-bond donors (Lipinski definition) is 2. The molecule has 0 bridgehead atoms. The van der Waals surface area contributed by atoms with E-state index in [1.807, 2.05) is 6.07 Å². The van der Waals surface area contributed by atoms with Gasteiger partial charge in [0.2, 0.25) is 0 Å². The summed E-state index contributed by atoms with van der Waals surface area (Å²) in [7, 11) is 0. The van der Waals surface area contributed by atoms with Crippen molar-refractivity contribution in [2.24, 2.45) is 11.7 Å². The molecule has 3 unspecified atom stereocenters. The van der Waals surface area contributed by atoms with Crippen LogP contribution in [0, 0.1) is 12.8 Å². The van der Waals surface area contributed by atoms with Crippen molar-refractivity contribution in [2.75, 3.05) is 19.6 Å². The van der Waals surface area contributed by atoms with Crippen LogP contribution in [-0.4, -0.2) is 35.7 Å². The van der Waals surface area contributed by atoms with Crippen LogP contribution in [0.4, 0.5) is 0 Å². The number of benzene rings is 1. The minimum atomic E-state index is -0.177. The van der Waals surface area contributed by atoms with Gasteiger partial charge in [0.05, 0.1) is 6.10 Å². The quantitative estimate of drug-likeness (QED) is 0.873. The number of nitrogens with two attached hydrogens (primary N) is 1. The van der Waals surface area contributed by atoms with Crippen molar-refractivity contribution >= 4 is 0 Å². The smallest absolute Gasteiger partial charge is 0.0693 e. The zero-order chi connectivity index (χ0) is 13.8. The van der Waals surface area contributed by atoms with Gasteiger partial charge in [-0.1, -0.05) is 31.2 Å². The first-order valence-electron chi connectivity index (χ1n) is 7.29. The van der Waals surface area contributed by atoms with Crippen LogP contribution < -0.4 is 5.73 Å². The number of likely N-dealkylation sites (tertiary alicyclic amines) is 1. The van der Waals surface area contributed by atoms with Gasteiger partial charge in [0.25, 0.3) is 0 Å². The molecular formula is C16H26N2O. The predicted octanol–water partition coefficient (Wildman–Crippen LogP) is 2.09. The molecule has 0 saturated carbocycles. The van der Waals surface area contributed by atoms with Crippen LogP contribution in [0.2, 0.25) is 0 Å². The summed E-state index contributed by atoms with van der Waals surface area (Å²) < 4.78 is 0. The average molecular weight is 262 g/mol. The lowest BCUT2D eigenvalue weighted by atomic mass is 9.95. The molecule has 0 radical (unpaired) electrons. The highest BCUT2D eigenvalue weighted by Gasteiger charge is 2.24. The lowest BCUT2D eigenvalue weighted by Gasteiger charge is -2.34. The molecule has 3 heteroatoms. The highest BCUT2D eigenvalue weighted by molar-refractivity contribution is 5.28. The Labute approximate surface area is 116 Å². The van der Waals surface area contributed by atoms with Gasteiger partial charge >= 0.3 is 0 Å². The summed E-state index contributed by atoms with van der Waals surface area (Å²) in [5.41, 5.74) is 8.80. The van der Waals surface area contributed by atoms with Gasteiger partial charge in [0.15, 0.2) is 0 Å². The average Bonchev–Trinajstić information content (AvgIpc) is 2.40. The van der Waals surface area contributed by atoms with Crippen LogP contribution in [0.5, 0.6) is 0 Å². The number of aryl methyl sites for hydroxylation is 1. The monoisotopic (exact) mass is 262 g/mol. The van der Waals surface area contributed by atoms with E-state index in [0.29, 0.717) is 5.92 Å². The largest absolute Gasteiger partial charge is 0.392 e. The van der Waals surface area contributed by atoms with Gasteiger partial charge in [0.1, 0.15) is 0 Å². The Kier molecular flexibility index (Phi) is 4.97. The van der Waals surface area contributed by atoms with Crippen molar-refractivity contribution in [3.8, 4) is 0 Å². The van der Waals surface area contributed by atoms with E-state index < -0.39 is 0 Å². The number of piperidine rings is 1. The van der Waals surface area contributed by atoms with Crippen molar-refractivity contribution in [1.82, 2.24) is 4.90 Å². The summed E-state index contributed by atoms with van der Waals surface area (Å²) >= 11 is 0. The van der Waals surface area contributed by atoms with Crippen molar-refractivity contribution in [1.29, 1.82) is 0 Å². The van der Waals surface area contributed by atoms with E-state index in [1.165, 1.54) is 11.1 Å². The Morgan fingerprint density at radius 1 is 1.42 bits per heavy atom. The zero-order valence-corrected chi connectivity index (χ0v) is 12.0. The molecule has 0 spiro atoms. The third kappa shape index (κ3) is 3.78. The van der Waals surface area contributed by atoms with Crippen molar-refractivity contribution < 1.29 is 5.11 Å². The highest BCUT2D eigenvalue weighted by atomic mass is 16.3. The highest BCUT2D eigenvalue weighted by Crippen LogP contribution is 2.21. The van der Waals surface area contributed by atoms with Gasteiger partial charge in [-0.05, 0) is 43.4 Å². The molecule has 1 aliphatic rings. The molecule has 1 heterocycles. The number of aliphatic hydroxyl groups is 1. The van der Waals surface area contributed by atoms with Gasteiger partial charge < -0.3 is 15.7 Å². The third-order valence-electron chi connectivity index (χ3n) is 4.35. The van der Waals surface area contributed by atoms with Crippen LogP contribution in [0.15, 0.2) is 24.3 Å². The maximum Gasteiger partial charge on any atom is 0.0693 e. The number of hydrogen-bond acceptors (Lipinski definition) is 3. The fourth-order valence-electron chi connectivity index (χ4n) is 2.80. The molecule has 106 valence electrons. The van der Waals surface area contributed by atoms with Gasteiger partial charge in [-0.25, -0.2) is 0 Å². The Balaban J connectivity index is 1.84. The molecule has 1 fully saturated rings. The first kappa shape index (κ1) is 14.5. The molecule has 1 aromatic rings. The lowest BCUT2D eigenvalue weighted by Crippen LogP contribution is -2.43. The van der Waals surface area contributed by atoms with Gasteiger partial charge in [-0.2, -0.15) is 0 Å². The molecule has 1 saturated heterocycles. The first-order chi connectivity index (χ1) is 9.08. The van der Waals surface area contributed by atoms with E-state index in [2.05, 4.69) is 36.9 Å². The van der Waals surface area contributed by atoms with Crippen LogP contribution in [0.25, 0.3) is 0 Å². The Morgan fingerprint density at radius 3 is 2.84 bits per heavy atom.